The van der Waals surface area contributed by atoms with Gasteiger partial charge in [-0.2, -0.15) is 0 Å². The van der Waals surface area contributed by atoms with E-state index in [4.69, 9.17) is 9.05 Å². The largest absolute Gasteiger partial charge is 0.358 e. The standard InChI is InChI=1S/C10H16O6P2/c1-3-15-17(11,12)9-5-7-10(8-6-9)18(13,14)16-4-2/h5-8H,3-4H2,1-2H3,(H,11,12)(H,13,14). The van der Waals surface area contributed by atoms with Crippen molar-refractivity contribution in [1.29, 1.82) is 0 Å². The Hall–Kier alpha value is -0.480. The van der Waals surface area contributed by atoms with Gasteiger partial charge < -0.3 is 18.8 Å². The molecule has 0 aromatic heterocycles. The van der Waals surface area contributed by atoms with Gasteiger partial charge in [0.15, 0.2) is 0 Å². The van der Waals surface area contributed by atoms with Gasteiger partial charge in [0.1, 0.15) is 0 Å². The summed E-state index contributed by atoms with van der Waals surface area (Å²) in [4.78, 5) is 19.1. The molecule has 102 valence electrons. The van der Waals surface area contributed by atoms with Crippen LogP contribution in [0.3, 0.4) is 0 Å². The van der Waals surface area contributed by atoms with E-state index in [-0.39, 0.29) is 23.8 Å². The second kappa shape index (κ2) is 6.11. The molecule has 0 bridgehead atoms. The van der Waals surface area contributed by atoms with Gasteiger partial charge in [0.25, 0.3) is 0 Å². The van der Waals surface area contributed by atoms with Crippen molar-refractivity contribution < 1.29 is 28.0 Å². The Kier molecular flexibility index (Phi) is 5.29. The molecule has 2 unspecified atom stereocenters. The predicted octanol–water partition coefficient (Wildman–Crippen LogP) is 1.38. The number of benzene rings is 1. The first-order valence-electron chi connectivity index (χ1n) is 5.39. The smallest absolute Gasteiger partial charge is 0.321 e. The van der Waals surface area contributed by atoms with Gasteiger partial charge in [0.2, 0.25) is 0 Å². The lowest BCUT2D eigenvalue weighted by Crippen LogP contribution is -2.13. The van der Waals surface area contributed by atoms with Crippen LogP contribution in [0.25, 0.3) is 0 Å². The van der Waals surface area contributed by atoms with Crippen LogP contribution in [-0.4, -0.2) is 23.0 Å². The molecule has 0 radical (unpaired) electrons. The lowest BCUT2D eigenvalue weighted by Gasteiger charge is -2.13. The van der Waals surface area contributed by atoms with E-state index >= 15 is 0 Å². The van der Waals surface area contributed by atoms with Crippen molar-refractivity contribution in [3.05, 3.63) is 24.3 Å². The maximum atomic E-state index is 11.7. The van der Waals surface area contributed by atoms with E-state index in [1.54, 1.807) is 13.8 Å². The summed E-state index contributed by atoms with van der Waals surface area (Å²) in [5, 5.41) is 0.147. The minimum atomic E-state index is -3.84. The average Bonchev–Trinajstić information content (AvgIpc) is 2.29. The Balaban J connectivity index is 3.00. The molecule has 1 rings (SSSR count). The van der Waals surface area contributed by atoms with Crippen LogP contribution < -0.4 is 10.6 Å². The normalized spacial score (nSPS) is 18.0. The van der Waals surface area contributed by atoms with E-state index in [0.717, 1.165) is 0 Å². The molecular weight excluding hydrogens is 278 g/mol. The van der Waals surface area contributed by atoms with Crippen molar-refractivity contribution in [3.63, 3.8) is 0 Å². The van der Waals surface area contributed by atoms with E-state index in [0.29, 0.717) is 0 Å². The molecule has 6 nitrogen and oxygen atoms in total. The van der Waals surface area contributed by atoms with Gasteiger partial charge in [-0.05, 0) is 38.1 Å². The molecule has 1 aromatic rings. The number of hydrogen-bond acceptors (Lipinski definition) is 4. The fraction of sp³-hybridized carbons (Fsp3) is 0.400. The summed E-state index contributed by atoms with van der Waals surface area (Å²) < 4.78 is 32.8. The van der Waals surface area contributed by atoms with Gasteiger partial charge in [0, 0.05) is 0 Å². The third-order valence-corrected chi connectivity index (χ3v) is 5.23. The molecule has 0 aliphatic heterocycles. The quantitative estimate of drug-likeness (QED) is 0.770. The fourth-order valence-electron chi connectivity index (χ4n) is 1.33. The molecule has 18 heavy (non-hydrogen) atoms. The van der Waals surface area contributed by atoms with E-state index in [9.17, 15) is 18.9 Å². The van der Waals surface area contributed by atoms with Crippen LogP contribution in [-0.2, 0) is 18.2 Å². The highest BCUT2D eigenvalue weighted by Crippen LogP contribution is 2.42. The topological polar surface area (TPSA) is 93.1 Å². The fourth-order valence-corrected chi connectivity index (χ4v) is 3.38. The highest BCUT2D eigenvalue weighted by Gasteiger charge is 2.25. The lowest BCUT2D eigenvalue weighted by molar-refractivity contribution is 0.282. The molecule has 0 aliphatic rings. The first-order valence-corrected chi connectivity index (χ1v) is 8.55. The van der Waals surface area contributed by atoms with E-state index < -0.39 is 15.2 Å². The van der Waals surface area contributed by atoms with Gasteiger partial charge in [-0.3, -0.25) is 9.13 Å². The van der Waals surface area contributed by atoms with Crippen molar-refractivity contribution in [1.82, 2.24) is 0 Å². The van der Waals surface area contributed by atoms with Crippen LogP contribution in [0.2, 0.25) is 0 Å². The molecule has 0 heterocycles. The molecule has 2 N–H and O–H groups in total. The lowest BCUT2D eigenvalue weighted by atomic mass is 10.4. The van der Waals surface area contributed by atoms with Crippen LogP contribution >= 0.6 is 15.2 Å². The first kappa shape index (κ1) is 15.6. The second-order valence-corrected chi connectivity index (χ2v) is 7.02. The van der Waals surface area contributed by atoms with Crippen molar-refractivity contribution in [2.45, 2.75) is 13.8 Å². The van der Waals surface area contributed by atoms with Crippen molar-refractivity contribution in [3.8, 4) is 0 Å². The van der Waals surface area contributed by atoms with Crippen LogP contribution in [0.15, 0.2) is 24.3 Å². The predicted molar refractivity (Wildman–Crippen MR) is 68.6 cm³/mol. The molecular formula is C10H16O6P2. The van der Waals surface area contributed by atoms with Gasteiger partial charge in [-0.1, -0.05) is 0 Å². The molecule has 0 saturated heterocycles. The maximum Gasteiger partial charge on any atom is 0.358 e. The van der Waals surface area contributed by atoms with Crippen LogP contribution in [0, 0.1) is 0 Å². The maximum absolute atomic E-state index is 11.7. The SMILES string of the molecule is CCOP(=O)(O)c1ccc(P(=O)(O)OCC)cc1. The highest BCUT2D eigenvalue weighted by molar-refractivity contribution is 7.62. The summed E-state index contributed by atoms with van der Waals surface area (Å²) in [6.07, 6.45) is 0. The van der Waals surface area contributed by atoms with Gasteiger partial charge in [0.05, 0.1) is 23.8 Å². The second-order valence-electron chi connectivity index (χ2n) is 3.39. The van der Waals surface area contributed by atoms with Crippen LogP contribution in [0.4, 0.5) is 0 Å². The molecule has 8 heteroatoms. The zero-order valence-corrected chi connectivity index (χ0v) is 11.9. The van der Waals surface area contributed by atoms with Crippen LogP contribution in [0.5, 0.6) is 0 Å². The molecule has 0 fully saturated rings. The van der Waals surface area contributed by atoms with E-state index in [1.807, 2.05) is 0 Å². The summed E-state index contributed by atoms with van der Waals surface area (Å²) in [6.45, 7) is 3.42. The summed E-state index contributed by atoms with van der Waals surface area (Å²) in [7, 11) is -7.69. The van der Waals surface area contributed by atoms with E-state index in [1.165, 1.54) is 24.3 Å². The molecule has 0 saturated carbocycles. The Morgan fingerprint density at radius 3 is 1.39 bits per heavy atom. The summed E-state index contributed by atoms with van der Waals surface area (Å²) in [5.41, 5.74) is 0. The first-order chi connectivity index (χ1) is 8.33. The highest BCUT2D eigenvalue weighted by atomic mass is 31.2. The van der Waals surface area contributed by atoms with Gasteiger partial charge >= 0.3 is 15.2 Å². The monoisotopic (exact) mass is 294 g/mol. The van der Waals surface area contributed by atoms with Crippen LogP contribution in [0.1, 0.15) is 13.8 Å². The zero-order valence-electron chi connectivity index (χ0n) is 10.1. The molecule has 1 aromatic carbocycles. The van der Waals surface area contributed by atoms with Crippen molar-refractivity contribution >= 4 is 25.8 Å². The van der Waals surface area contributed by atoms with Gasteiger partial charge in [-0.25, -0.2) is 0 Å². The molecule has 0 aliphatic carbocycles. The van der Waals surface area contributed by atoms with E-state index in [2.05, 4.69) is 0 Å². The molecule has 0 amide bonds. The zero-order chi connectivity index (χ0) is 13.8. The Bertz CT molecular complexity index is 439. The minimum absolute atomic E-state index is 0.0737. The summed E-state index contributed by atoms with van der Waals surface area (Å²) in [5.74, 6) is 0. The Morgan fingerprint density at radius 1 is 0.889 bits per heavy atom. The third-order valence-electron chi connectivity index (χ3n) is 2.11. The minimum Gasteiger partial charge on any atom is -0.321 e. The third kappa shape index (κ3) is 3.75. The summed E-state index contributed by atoms with van der Waals surface area (Å²) in [6, 6.07) is 5.14. The van der Waals surface area contributed by atoms with Crippen molar-refractivity contribution in [2.75, 3.05) is 13.2 Å². The van der Waals surface area contributed by atoms with Gasteiger partial charge in [-0.15, -0.1) is 0 Å². The molecule has 2 atom stereocenters. The average molecular weight is 294 g/mol. The number of hydrogen-bond donors (Lipinski definition) is 2. The number of rotatable bonds is 6. The molecule has 0 spiro atoms. The Morgan fingerprint density at radius 2 is 1.17 bits per heavy atom. The Labute approximate surface area is 106 Å². The summed E-state index contributed by atoms with van der Waals surface area (Å²) >= 11 is 0. The van der Waals surface area contributed by atoms with Crippen molar-refractivity contribution in [2.24, 2.45) is 0 Å².